The van der Waals surface area contributed by atoms with Crippen LogP contribution in [0.4, 0.5) is 22.7 Å². The summed E-state index contributed by atoms with van der Waals surface area (Å²) in [7, 11) is 0. The van der Waals surface area contributed by atoms with Crippen molar-refractivity contribution < 1.29 is 19.7 Å². The lowest BCUT2D eigenvalue weighted by Gasteiger charge is -2.09. The van der Waals surface area contributed by atoms with Gasteiger partial charge in [0.15, 0.2) is 5.69 Å². The summed E-state index contributed by atoms with van der Waals surface area (Å²) >= 11 is 0. The van der Waals surface area contributed by atoms with Crippen molar-refractivity contribution in [1.29, 1.82) is 0 Å². The zero-order valence-electron chi connectivity index (χ0n) is 11.8. The Labute approximate surface area is 129 Å². The first-order valence-corrected chi connectivity index (χ1v) is 6.33. The van der Waals surface area contributed by atoms with Gasteiger partial charge in [-0.3, -0.25) is 20.2 Å². The summed E-state index contributed by atoms with van der Waals surface area (Å²) in [6, 6.07) is 8.29. The first kappa shape index (κ1) is 15.9. The second-order valence-corrected chi connectivity index (χ2v) is 4.70. The zero-order valence-corrected chi connectivity index (χ0v) is 11.8. The second-order valence-electron chi connectivity index (χ2n) is 4.70. The number of nitrogens with one attached hydrogen (secondary N) is 1. The molecule has 0 amide bonds. The van der Waals surface area contributed by atoms with Crippen LogP contribution in [-0.2, 0) is 0 Å². The molecule has 9 heteroatoms. The number of nitrogens with zero attached hydrogens (tertiary/aromatic N) is 2. The third-order valence-corrected chi connectivity index (χ3v) is 3.02. The summed E-state index contributed by atoms with van der Waals surface area (Å²) in [6.07, 6.45) is 0. The molecule has 0 aliphatic rings. The Hall–Kier alpha value is -3.49. The van der Waals surface area contributed by atoms with E-state index in [-0.39, 0.29) is 5.69 Å². The molecule has 0 saturated heterocycles. The number of rotatable bonds is 5. The lowest BCUT2D eigenvalue weighted by molar-refractivity contribution is -0.392. The van der Waals surface area contributed by atoms with Crippen LogP contribution in [0.2, 0.25) is 0 Å². The molecule has 0 spiro atoms. The fraction of sp³-hybridized carbons (Fsp3) is 0.0714. The average molecular weight is 317 g/mol. The minimum absolute atomic E-state index is 0.365. The molecule has 2 rings (SSSR count). The van der Waals surface area contributed by atoms with Crippen molar-refractivity contribution in [1.82, 2.24) is 0 Å². The van der Waals surface area contributed by atoms with Gasteiger partial charge in [0.05, 0.1) is 15.4 Å². The van der Waals surface area contributed by atoms with Gasteiger partial charge in [-0.2, -0.15) is 0 Å². The van der Waals surface area contributed by atoms with Crippen LogP contribution in [-0.4, -0.2) is 20.9 Å². The second kappa shape index (κ2) is 6.10. The van der Waals surface area contributed by atoms with Gasteiger partial charge in [0.2, 0.25) is 0 Å². The van der Waals surface area contributed by atoms with Crippen molar-refractivity contribution in [2.24, 2.45) is 0 Å². The van der Waals surface area contributed by atoms with Gasteiger partial charge in [-0.15, -0.1) is 0 Å². The van der Waals surface area contributed by atoms with Gasteiger partial charge in [0.1, 0.15) is 0 Å². The molecule has 0 aromatic heterocycles. The highest BCUT2D eigenvalue weighted by Crippen LogP contribution is 2.37. The molecule has 2 N–H and O–H groups in total. The molecule has 0 bridgehead atoms. The Kier molecular flexibility index (Phi) is 4.21. The maximum atomic E-state index is 11.2. The molecule has 0 saturated carbocycles. The van der Waals surface area contributed by atoms with Gasteiger partial charge in [0, 0.05) is 17.8 Å². The van der Waals surface area contributed by atoms with E-state index in [0.29, 0.717) is 5.69 Å². The van der Waals surface area contributed by atoms with E-state index in [2.05, 4.69) is 5.32 Å². The maximum Gasteiger partial charge on any atom is 0.336 e. The summed E-state index contributed by atoms with van der Waals surface area (Å²) in [5.41, 5.74) is -0.994. The molecule has 0 unspecified atom stereocenters. The SMILES string of the molecule is Cc1cccc(Nc2c([N+](=O)[O-])cc(C(=O)O)cc2[N+](=O)[O-])c1. The first-order chi connectivity index (χ1) is 10.8. The molecule has 0 atom stereocenters. The van der Waals surface area contributed by atoms with Gasteiger partial charge >= 0.3 is 17.3 Å². The van der Waals surface area contributed by atoms with E-state index in [9.17, 15) is 25.0 Å². The predicted octanol–water partition coefficient (Wildman–Crippen LogP) is 3.25. The molecule has 0 aliphatic carbocycles. The summed E-state index contributed by atoms with van der Waals surface area (Å²) < 4.78 is 0. The number of hydrogen-bond acceptors (Lipinski definition) is 6. The molecule has 0 aliphatic heterocycles. The molecule has 2 aromatic rings. The number of hydrogen-bond donors (Lipinski definition) is 2. The van der Waals surface area contributed by atoms with Gasteiger partial charge in [-0.05, 0) is 24.6 Å². The smallest absolute Gasteiger partial charge is 0.336 e. The number of nitro groups is 2. The van der Waals surface area contributed by atoms with Crippen LogP contribution in [0.5, 0.6) is 0 Å². The standard InChI is InChI=1S/C14H11N3O6/c1-8-3-2-4-10(5-8)15-13-11(16(20)21)6-9(14(18)19)7-12(13)17(22)23/h2-7,15H,1H3,(H,18,19). The molecule has 23 heavy (non-hydrogen) atoms. The summed E-state index contributed by atoms with van der Waals surface area (Å²) in [5.74, 6) is -1.49. The fourth-order valence-electron chi connectivity index (χ4n) is 2.02. The van der Waals surface area contributed by atoms with Crippen molar-refractivity contribution in [3.63, 3.8) is 0 Å². The number of anilines is 2. The number of aryl methyl sites for hydroxylation is 1. The van der Waals surface area contributed by atoms with Gasteiger partial charge < -0.3 is 10.4 Å². The van der Waals surface area contributed by atoms with Crippen LogP contribution in [0.15, 0.2) is 36.4 Å². The third-order valence-electron chi connectivity index (χ3n) is 3.02. The van der Waals surface area contributed by atoms with Crippen molar-refractivity contribution in [2.75, 3.05) is 5.32 Å². The minimum atomic E-state index is -1.49. The lowest BCUT2D eigenvalue weighted by Crippen LogP contribution is -2.06. The van der Waals surface area contributed by atoms with Crippen molar-refractivity contribution in [3.05, 3.63) is 67.8 Å². The molecular weight excluding hydrogens is 306 g/mol. The highest BCUT2D eigenvalue weighted by atomic mass is 16.6. The number of aromatic carboxylic acids is 1. The maximum absolute atomic E-state index is 11.2. The zero-order chi connectivity index (χ0) is 17.1. The fourth-order valence-corrected chi connectivity index (χ4v) is 2.02. The Balaban J connectivity index is 2.66. The number of carbonyl (C=O) groups is 1. The Bertz CT molecular complexity index is 783. The van der Waals surface area contributed by atoms with Crippen LogP contribution in [0.25, 0.3) is 0 Å². The lowest BCUT2D eigenvalue weighted by atomic mass is 10.1. The number of benzene rings is 2. The van der Waals surface area contributed by atoms with E-state index in [0.717, 1.165) is 17.7 Å². The van der Waals surface area contributed by atoms with Crippen molar-refractivity contribution >= 4 is 28.7 Å². The van der Waals surface area contributed by atoms with Crippen LogP contribution in [0.1, 0.15) is 15.9 Å². The van der Waals surface area contributed by atoms with E-state index in [1.165, 1.54) is 0 Å². The molecule has 9 nitrogen and oxygen atoms in total. The minimum Gasteiger partial charge on any atom is -0.478 e. The Morgan fingerprint density at radius 3 is 2.09 bits per heavy atom. The van der Waals surface area contributed by atoms with Gasteiger partial charge in [0.25, 0.3) is 0 Å². The molecule has 0 fully saturated rings. The summed E-state index contributed by atoms with van der Waals surface area (Å²) in [6.45, 7) is 1.79. The summed E-state index contributed by atoms with van der Waals surface area (Å²) in [4.78, 5) is 31.6. The van der Waals surface area contributed by atoms with Crippen molar-refractivity contribution in [3.8, 4) is 0 Å². The topological polar surface area (TPSA) is 136 Å². The van der Waals surface area contributed by atoms with E-state index in [1.807, 2.05) is 0 Å². The predicted molar refractivity (Wildman–Crippen MR) is 81.2 cm³/mol. The van der Waals surface area contributed by atoms with Crippen LogP contribution < -0.4 is 5.32 Å². The van der Waals surface area contributed by atoms with Crippen molar-refractivity contribution in [2.45, 2.75) is 6.92 Å². The number of carboxylic acids is 1. The molecular formula is C14H11N3O6. The summed E-state index contributed by atoms with van der Waals surface area (Å²) in [5, 5.41) is 33.9. The first-order valence-electron chi connectivity index (χ1n) is 6.33. The molecule has 0 radical (unpaired) electrons. The molecule has 0 heterocycles. The number of nitro benzene ring substituents is 2. The van der Waals surface area contributed by atoms with E-state index in [4.69, 9.17) is 5.11 Å². The van der Waals surface area contributed by atoms with E-state index in [1.54, 1.807) is 31.2 Å². The quantitative estimate of drug-likeness (QED) is 0.638. The average Bonchev–Trinajstić information content (AvgIpc) is 2.46. The van der Waals surface area contributed by atoms with E-state index >= 15 is 0 Å². The third kappa shape index (κ3) is 3.40. The Morgan fingerprint density at radius 2 is 1.65 bits per heavy atom. The largest absolute Gasteiger partial charge is 0.478 e. The van der Waals surface area contributed by atoms with Crippen LogP contribution in [0.3, 0.4) is 0 Å². The Morgan fingerprint density at radius 1 is 1.09 bits per heavy atom. The van der Waals surface area contributed by atoms with Gasteiger partial charge in [-0.25, -0.2) is 4.79 Å². The molecule has 2 aromatic carbocycles. The molecule has 118 valence electrons. The highest BCUT2D eigenvalue weighted by Gasteiger charge is 2.28. The van der Waals surface area contributed by atoms with E-state index < -0.39 is 32.8 Å². The normalized spacial score (nSPS) is 10.1. The van der Waals surface area contributed by atoms with Gasteiger partial charge in [-0.1, -0.05) is 12.1 Å². The monoisotopic (exact) mass is 317 g/mol. The number of carboxylic acid groups (broad SMARTS) is 1. The van der Waals surface area contributed by atoms with Crippen LogP contribution in [0, 0.1) is 27.2 Å². The highest BCUT2D eigenvalue weighted by molar-refractivity contribution is 5.93. The van der Waals surface area contributed by atoms with Crippen LogP contribution >= 0.6 is 0 Å².